The van der Waals surface area contributed by atoms with Crippen LogP contribution in [0.1, 0.15) is 50.3 Å². The lowest BCUT2D eigenvalue weighted by molar-refractivity contribution is 0.0137. The summed E-state index contributed by atoms with van der Waals surface area (Å²) < 4.78 is 11.6. The molecule has 3 aromatic rings. The number of allylic oxidation sites excluding steroid dienone is 1. The number of rotatable bonds is 10. The van der Waals surface area contributed by atoms with Crippen molar-refractivity contribution in [3.05, 3.63) is 95.6 Å². The zero-order valence-corrected chi connectivity index (χ0v) is 24.4. The van der Waals surface area contributed by atoms with Crippen molar-refractivity contribution >= 4 is 17.2 Å². The summed E-state index contributed by atoms with van der Waals surface area (Å²) in [4.78, 5) is 16.4. The van der Waals surface area contributed by atoms with Crippen molar-refractivity contribution in [1.82, 2.24) is 9.80 Å². The van der Waals surface area contributed by atoms with E-state index < -0.39 is 5.60 Å². The van der Waals surface area contributed by atoms with Gasteiger partial charge in [-0.1, -0.05) is 54.6 Å². The number of phenolic OH excluding ortho intramolecular Hbond substituents is 1. The number of benzene rings is 3. The van der Waals surface area contributed by atoms with E-state index >= 15 is 0 Å². The number of hydrogen-bond donors (Lipinski definition) is 2. The summed E-state index contributed by atoms with van der Waals surface area (Å²) in [5.41, 5.74) is 4.87. The van der Waals surface area contributed by atoms with Gasteiger partial charge in [0.15, 0.2) is 0 Å². The third kappa shape index (κ3) is 8.84. The smallest absolute Gasteiger partial charge is 0.410 e. The average molecular weight is 559 g/mol. The molecule has 1 amide bonds. The predicted molar refractivity (Wildman–Crippen MR) is 163 cm³/mol. The number of carbonyl (C=O) groups is 1. The van der Waals surface area contributed by atoms with Crippen LogP contribution in [-0.2, 0) is 4.74 Å². The zero-order chi connectivity index (χ0) is 29.2. The highest BCUT2D eigenvalue weighted by atomic mass is 16.6. The standard InChI is InChI=1S/C34H42N2O5/c1-34(2,3)41-33(39)36-21-19-35(20-22-36)23-25-40-30-17-13-28(14-18-30)32(27-11-15-29(38)16-12-27)31(10-7-24-37)26-8-5-4-6-9-26/h4-6,8-9,11-18,37-38H,7,10,19-25H2,1-3H3/b32-31-. The van der Waals surface area contributed by atoms with Gasteiger partial charge in [0.1, 0.15) is 23.7 Å². The van der Waals surface area contributed by atoms with E-state index in [4.69, 9.17) is 9.47 Å². The van der Waals surface area contributed by atoms with Crippen molar-refractivity contribution in [1.29, 1.82) is 0 Å². The van der Waals surface area contributed by atoms with E-state index in [0.29, 0.717) is 26.1 Å². The zero-order valence-electron chi connectivity index (χ0n) is 24.4. The summed E-state index contributed by atoms with van der Waals surface area (Å²) in [6, 6.07) is 25.6. The topological polar surface area (TPSA) is 82.5 Å². The van der Waals surface area contributed by atoms with Gasteiger partial charge in [-0.05, 0) is 85.7 Å². The molecule has 7 heteroatoms. The Labute approximate surface area is 243 Å². The highest BCUT2D eigenvalue weighted by Gasteiger charge is 2.25. The molecule has 0 spiro atoms. The summed E-state index contributed by atoms with van der Waals surface area (Å²) >= 11 is 0. The highest BCUT2D eigenvalue weighted by Crippen LogP contribution is 2.36. The first-order valence-electron chi connectivity index (χ1n) is 14.4. The van der Waals surface area contributed by atoms with Crippen molar-refractivity contribution in [3.8, 4) is 11.5 Å². The molecule has 1 aliphatic rings. The van der Waals surface area contributed by atoms with Crippen LogP contribution in [-0.4, -0.2) is 77.6 Å². The van der Waals surface area contributed by atoms with Crippen LogP contribution in [0.3, 0.4) is 0 Å². The highest BCUT2D eigenvalue weighted by molar-refractivity contribution is 5.98. The van der Waals surface area contributed by atoms with Crippen LogP contribution in [0.2, 0.25) is 0 Å². The number of piperazine rings is 1. The lowest BCUT2D eigenvalue weighted by Crippen LogP contribution is -2.50. The minimum atomic E-state index is -0.485. The van der Waals surface area contributed by atoms with Crippen LogP contribution < -0.4 is 4.74 Å². The molecule has 0 saturated carbocycles. The van der Waals surface area contributed by atoms with E-state index in [1.165, 1.54) is 0 Å². The summed E-state index contributed by atoms with van der Waals surface area (Å²) in [6.07, 6.45) is 1.12. The Hall–Kier alpha value is -3.81. The van der Waals surface area contributed by atoms with Crippen molar-refractivity contribution < 1.29 is 24.5 Å². The Kier molecular flexibility index (Phi) is 10.4. The Bertz CT molecular complexity index is 1270. The number of ether oxygens (including phenoxy) is 2. The number of hydrogen-bond acceptors (Lipinski definition) is 6. The van der Waals surface area contributed by atoms with Gasteiger partial charge in [-0.15, -0.1) is 0 Å². The third-order valence-corrected chi connectivity index (χ3v) is 7.01. The molecule has 0 aromatic heterocycles. The van der Waals surface area contributed by atoms with E-state index in [0.717, 1.165) is 59.6 Å². The molecule has 41 heavy (non-hydrogen) atoms. The monoisotopic (exact) mass is 558 g/mol. The minimum Gasteiger partial charge on any atom is -0.508 e. The van der Waals surface area contributed by atoms with Crippen LogP contribution in [0, 0.1) is 0 Å². The SMILES string of the molecule is CC(C)(C)OC(=O)N1CCN(CCOc2ccc(/C(=C(/CCCO)c3ccccc3)c3ccc(O)cc3)cc2)CC1. The largest absolute Gasteiger partial charge is 0.508 e. The van der Waals surface area contributed by atoms with Gasteiger partial charge in [0.05, 0.1) is 0 Å². The van der Waals surface area contributed by atoms with Crippen LogP contribution in [0.15, 0.2) is 78.9 Å². The number of nitrogens with zero attached hydrogens (tertiary/aromatic N) is 2. The molecular weight excluding hydrogens is 516 g/mol. The van der Waals surface area contributed by atoms with Crippen molar-refractivity contribution in [2.75, 3.05) is 45.9 Å². The Morgan fingerprint density at radius 3 is 2.02 bits per heavy atom. The van der Waals surface area contributed by atoms with Gasteiger partial charge in [-0.25, -0.2) is 4.79 Å². The number of phenols is 1. The molecule has 1 aliphatic heterocycles. The molecular formula is C34H42N2O5. The maximum absolute atomic E-state index is 12.3. The molecule has 2 N–H and O–H groups in total. The summed E-state index contributed by atoms with van der Waals surface area (Å²) in [7, 11) is 0. The van der Waals surface area contributed by atoms with Crippen LogP contribution in [0.25, 0.3) is 11.1 Å². The third-order valence-electron chi connectivity index (χ3n) is 7.01. The first-order valence-corrected chi connectivity index (χ1v) is 14.4. The number of carbonyl (C=O) groups excluding carboxylic acids is 1. The van der Waals surface area contributed by atoms with Gasteiger partial charge in [-0.3, -0.25) is 4.90 Å². The molecule has 0 aliphatic carbocycles. The van der Waals surface area contributed by atoms with E-state index in [1.807, 2.05) is 63.2 Å². The second kappa shape index (κ2) is 14.2. The van der Waals surface area contributed by atoms with Crippen LogP contribution in [0.5, 0.6) is 11.5 Å². The predicted octanol–water partition coefficient (Wildman–Crippen LogP) is 6.06. The first kappa shape index (κ1) is 30.2. The Morgan fingerprint density at radius 2 is 1.44 bits per heavy atom. The first-order chi connectivity index (χ1) is 19.7. The summed E-state index contributed by atoms with van der Waals surface area (Å²) in [5.74, 6) is 1.02. The normalized spacial score (nSPS) is 14.9. The van der Waals surface area contributed by atoms with Crippen molar-refractivity contribution in [3.63, 3.8) is 0 Å². The van der Waals surface area contributed by atoms with Gasteiger partial charge in [-0.2, -0.15) is 0 Å². The molecule has 0 radical (unpaired) electrons. The van der Waals surface area contributed by atoms with Crippen LogP contribution >= 0.6 is 0 Å². The molecule has 0 atom stereocenters. The van der Waals surface area contributed by atoms with Crippen molar-refractivity contribution in [2.24, 2.45) is 0 Å². The fourth-order valence-corrected chi connectivity index (χ4v) is 4.94. The Balaban J connectivity index is 1.43. The molecule has 3 aromatic carbocycles. The lowest BCUT2D eigenvalue weighted by Gasteiger charge is -2.35. The second-order valence-corrected chi connectivity index (χ2v) is 11.3. The minimum absolute atomic E-state index is 0.113. The Morgan fingerprint density at radius 1 is 0.829 bits per heavy atom. The number of aliphatic hydroxyl groups excluding tert-OH is 1. The van der Waals surface area contributed by atoms with Gasteiger partial charge >= 0.3 is 6.09 Å². The fraction of sp³-hybridized carbons (Fsp3) is 0.382. The van der Waals surface area contributed by atoms with Gasteiger partial charge in [0.25, 0.3) is 0 Å². The molecule has 0 bridgehead atoms. The number of aromatic hydroxyl groups is 1. The lowest BCUT2D eigenvalue weighted by atomic mass is 9.87. The summed E-state index contributed by atoms with van der Waals surface area (Å²) in [6.45, 7) is 9.98. The summed E-state index contributed by atoms with van der Waals surface area (Å²) in [5, 5.41) is 19.5. The molecule has 218 valence electrons. The fourth-order valence-electron chi connectivity index (χ4n) is 4.94. The van der Waals surface area contributed by atoms with Crippen LogP contribution in [0.4, 0.5) is 4.79 Å². The average Bonchev–Trinajstić information content (AvgIpc) is 2.96. The van der Waals surface area contributed by atoms with Gasteiger partial charge < -0.3 is 24.6 Å². The molecule has 1 heterocycles. The van der Waals surface area contributed by atoms with Gasteiger partial charge in [0, 0.05) is 39.3 Å². The molecule has 1 fully saturated rings. The molecule has 4 rings (SSSR count). The van der Waals surface area contributed by atoms with E-state index in [2.05, 4.69) is 29.2 Å². The number of amides is 1. The molecule has 7 nitrogen and oxygen atoms in total. The van der Waals surface area contributed by atoms with Gasteiger partial charge in [0.2, 0.25) is 0 Å². The van der Waals surface area contributed by atoms with Crippen molar-refractivity contribution in [2.45, 2.75) is 39.2 Å². The maximum atomic E-state index is 12.3. The quantitative estimate of drug-likeness (QED) is 0.295. The second-order valence-electron chi connectivity index (χ2n) is 11.3. The molecule has 0 unspecified atom stereocenters. The van der Waals surface area contributed by atoms with E-state index in [1.54, 1.807) is 17.0 Å². The van der Waals surface area contributed by atoms with E-state index in [-0.39, 0.29) is 18.4 Å². The molecule has 1 saturated heterocycles. The maximum Gasteiger partial charge on any atom is 0.410 e. The van der Waals surface area contributed by atoms with E-state index in [9.17, 15) is 15.0 Å². The number of aliphatic hydroxyl groups is 1.